The van der Waals surface area contributed by atoms with E-state index in [1.807, 2.05) is 20.8 Å². The van der Waals surface area contributed by atoms with Crippen molar-refractivity contribution >= 4 is 18.3 Å². The third-order valence-corrected chi connectivity index (χ3v) is 3.16. The highest BCUT2D eigenvalue weighted by molar-refractivity contribution is 7.71. The van der Waals surface area contributed by atoms with Gasteiger partial charge in [0, 0.05) is 23.4 Å². The van der Waals surface area contributed by atoms with Gasteiger partial charge in [-0.2, -0.15) is 0 Å². The fraction of sp³-hybridized carbons (Fsp3) is 0.625. The highest BCUT2D eigenvalue weighted by atomic mass is 32.1. The van der Waals surface area contributed by atoms with Crippen LogP contribution in [0, 0.1) is 4.51 Å². The number of pyridine rings is 1. The summed E-state index contributed by atoms with van der Waals surface area (Å²) in [6.45, 7) is 8.42. The number of aromatic nitrogens is 1. The Morgan fingerprint density at radius 2 is 1.86 bits per heavy atom. The Kier molecular flexibility index (Phi) is 6.89. The van der Waals surface area contributed by atoms with Crippen LogP contribution in [-0.4, -0.2) is 22.9 Å². The Bertz CT molecular complexity index is 485. The minimum Gasteiger partial charge on any atom is -0.442 e. The lowest BCUT2D eigenvalue weighted by atomic mass is 10.2. The zero-order valence-corrected chi connectivity index (χ0v) is 14.3. The SMILES string of the molecule is CCCCCCN(C(=O)OC(C)(C)C)n1ccc(=S)cc1. The Hall–Kier alpha value is -1.36. The second-order valence-electron chi connectivity index (χ2n) is 6.08. The average Bonchev–Trinajstić information content (AvgIpc) is 2.38. The van der Waals surface area contributed by atoms with Crippen molar-refractivity contribution in [1.29, 1.82) is 0 Å². The largest absolute Gasteiger partial charge is 0.442 e. The van der Waals surface area contributed by atoms with E-state index in [1.165, 1.54) is 12.8 Å². The third kappa shape index (κ3) is 6.76. The number of unbranched alkanes of at least 4 members (excludes halogenated alkanes) is 3. The van der Waals surface area contributed by atoms with Gasteiger partial charge in [-0.1, -0.05) is 38.4 Å². The monoisotopic (exact) mass is 310 g/mol. The van der Waals surface area contributed by atoms with Gasteiger partial charge in [0.1, 0.15) is 5.60 Å². The number of amides is 1. The van der Waals surface area contributed by atoms with Crippen LogP contribution in [0.3, 0.4) is 0 Å². The van der Waals surface area contributed by atoms with Crippen LogP contribution in [0.2, 0.25) is 0 Å². The molecule has 0 aliphatic carbocycles. The predicted molar refractivity (Wildman–Crippen MR) is 88.7 cm³/mol. The van der Waals surface area contributed by atoms with Gasteiger partial charge in [0.05, 0.1) is 0 Å². The number of nitrogens with zero attached hydrogens (tertiary/aromatic N) is 2. The first-order valence-electron chi connectivity index (χ1n) is 7.52. The van der Waals surface area contributed by atoms with E-state index in [2.05, 4.69) is 6.92 Å². The molecule has 0 N–H and O–H groups in total. The Morgan fingerprint density at radius 1 is 1.24 bits per heavy atom. The third-order valence-electron chi connectivity index (χ3n) is 2.89. The summed E-state index contributed by atoms with van der Waals surface area (Å²) in [5.41, 5.74) is -0.503. The van der Waals surface area contributed by atoms with Gasteiger partial charge in [-0.3, -0.25) is 4.68 Å². The van der Waals surface area contributed by atoms with Gasteiger partial charge in [0.25, 0.3) is 0 Å². The van der Waals surface area contributed by atoms with Crippen molar-refractivity contribution in [2.75, 3.05) is 11.6 Å². The second kappa shape index (κ2) is 8.17. The van der Waals surface area contributed by atoms with Crippen molar-refractivity contribution < 1.29 is 9.53 Å². The van der Waals surface area contributed by atoms with Gasteiger partial charge in [-0.05, 0) is 39.3 Å². The number of ether oxygens (including phenoxy) is 1. The average molecular weight is 310 g/mol. The maximum absolute atomic E-state index is 12.4. The topological polar surface area (TPSA) is 34.5 Å². The van der Waals surface area contributed by atoms with E-state index in [0.29, 0.717) is 6.54 Å². The zero-order chi connectivity index (χ0) is 15.9. The van der Waals surface area contributed by atoms with Crippen LogP contribution in [-0.2, 0) is 4.74 Å². The molecule has 0 fully saturated rings. The zero-order valence-electron chi connectivity index (χ0n) is 13.5. The van der Waals surface area contributed by atoms with Crippen molar-refractivity contribution in [3.05, 3.63) is 29.0 Å². The van der Waals surface area contributed by atoms with Crippen LogP contribution < -0.4 is 5.01 Å². The molecule has 0 unspecified atom stereocenters. The molecule has 1 heterocycles. The second-order valence-corrected chi connectivity index (χ2v) is 6.55. The van der Waals surface area contributed by atoms with Gasteiger partial charge in [0.2, 0.25) is 0 Å². The summed E-state index contributed by atoms with van der Waals surface area (Å²) in [6, 6.07) is 3.61. The van der Waals surface area contributed by atoms with Crippen molar-refractivity contribution in [3.63, 3.8) is 0 Å². The maximum atomic E-state index is 12.4. The van der Waals surface area contributed by atoms with Gasteiger partial charge in [0.15, 0.2) is 0 Å². The van der Waals surface area contributed by atoms with Crippen molar-refractivity contribution in [1.82, 2.24) is 4.68 Å². The number of hydrogen-bond acceptors (Lipinski definition) is 3. The summed E-state index contributed by atoms with van der Waals surface area (Å²) < 4.78 is 7.98. The fourth-order valence-corrected chi connectivity index (χ4v) is 1.99. The molecule has 0 radical (unpaired) electrons. The van der Waals surface area contributed by atoms with Crippen LogP contribution in [0.5, 0.6) is 0 Å². The molecular weight excluding hydrogens is 284 g/mol. The predicted octanol–water partition coefficient (Wildman–Crippen LogP) is 4.67. The molecule has 0 saturated heterocycles. The molecule has 0 aliphatic heterocycles. The number of hydrogen-bond donors (Lipinski definition) is 0. The summed E-state index contributed by atoms with van der Waals surface area (Å²) in [6.07, 6.45) is 7.67. The normalized spacial score (nSPS) is 11.2. The molecule has 0 aliphatic rings. The lowest BCUT2D eigenvalue weighted by Crippen LogP contribution is -2.44. The van der Waals surface area contributed by atoms with Crippen molar-refractivity contribution in [2.24, 2.45) is 0 Å². The lowest BCUT2D eigenvalue weighted by molar-refractivity contribution is 0.0537. The summed E-state index contributed by atoms with van der Waals surface area (Å²) in [5.74, 6) is 0. The first-order valence-corrected chi connectivity index (χ1v) is 7.93. The molecule has 1 rings (SSSR count). The Balaban J connectivity index is 2.81. The van der Waals surface area contributed by atoms with Gasteiger partial charge in [-0.15, -0.1) is 0 Å². The molecule has 5 heteroatoms. The minimum atomic E-state index is -0.503. The first-order chi connectivity index (χ1) is 9.83. The molecular formula is C16H26N2O2S. The van der Waals surface area contributed by atoms with Crippen LogP contribution >= 0.6 is 12.2 Å². The summed E-state index contributed by atoms with van der Waals surface area (Å²) in [5, 5.41) is 1.62. The maximum Gasteiger partial charge on any atom is 0.429 e. The highest BCUT2D eigenvalue weighted by Crippen LogP contribution is 2.11. The van der Waals surface area contributed by atoms with Crippen LogP contribution in [0.1, 0.15) is 53.4 Å². The molecule has 118 valence electrons. The molecule has 4 nitrogen and oxygen atoms in total. The van der Waals surface area contributed by atoms with Gasteiger partial charge < -0.3 is 4.74 Å². The Labute approximate surface area is 132 Å². The van der Waals surface area contributed by atoms with Crippen LogP contribution in [0.4, 0.5) is 4.79 Å². The number of carbonyl (C=O) groups excluding carboxylic acids is 1. The van der Waals surface area contributed by atoms with Gasteiger partial charge in [-0.25, -0.2) is 9.80 Å². The molecule has 21 heavy (non-hydrogen) atoms. The van der Waals surface area contributed by atoms with E-state index < -0.39 is 5.60 Å². The standard InChI is InChI=1S/C16H26N2O2S/c1-5-6-7-8-11-18(15(19)20-16(2,3)4)17-12-9-14(21)10-13-17/h9-10,12-13H,5-8,11H2,1-4H3. The minimum absolute atomic E-state index is 0.332. The van der Waals surface area contributed by atoms with Crippen molar-refractivity contribution in [3.8, 4) is 0 Å². The van der Waals surface area contributed by atoms with Crippen LogP contribution in [0.15, 0.2) is 24.5 Å². The number of rotatable bonds is 6. The van der Waals surface area contributed by atoms with E-state index in [1.54, 1.807) is 34.2 Å². The molecule has 1 amide bonds. The highest BCUT2D eigenvalue weighted by Gasteiger charge is 2.22. The van der Waals surface area contributed by atoms with Gasteiger partial charge >= 0.3 is 6.09 Å². The Morgan fingerprint density at radius 3 is 2.38 bits per heavy atom. The number of carbonyl (C=O) groups is 1. The molecule has 1 aromatic rings. The molecule has 0 bridgehead atoms. The quantitative estimate of drug-likeness (QED) is 0.565. The van der Waals surface area contributed by atoms with E-state index in [9.17, 15) is 4.79 Å². The smallest absolute Gasteiger partial charge is 0.429 e. The summed E-state index contributed by atoms with van der Waals surface area (Å²) in [7, 11) is 0. The molecule has 0 spiro atoms. The van der Waals surface area contributed by atoms with Crippen molar-refractivity contribution in [2.45, 2.75) is 59.0 Å². The van der Waals surface area contributed by atoms with E-state index >= 15 is 0 Å². The molecule has 1 aromatic heterocycles. The molecule has 0 aromatic carbocycles. The summed E-state index contributed by atoms with van der Waals surface area (Å²) in [4.78, 5) is 12.4. The van der Waals surface area contributed by atoms with E-state index in [0.717, 1.165) is 17.4 Å². The van der Waals surface area contributed by atoms with E-state index in [4.69, 9.17) is 17.0 Å². The summed E-state index contributed by atoms with van der Waals surface area (Å²) >= 11 is 5.09. The first kappa shape index (κ1) is 17.7. The fourth-order valence-electron chi connectivity index (χ4n) is 1.87. The lowest BCUT2D eigenvalue weighted by Gasteiger charge is -2.28. The van der Waals surface area contributed by atoms with E-state index in [-0.39, 0.29) is 6.09 Å². The van der Waals surface area contributed by atoms with Crippen LogP contribution in [0.25, 0.3) is 0 Å². The molecule has 0 saturated carbocycles. The molecule has 0 atom stereocenters.